The Balaban J connectivity index is 1.29. The third-order valence-electron chi connectivity index (χ3n) is 6.52. The molecule has 3 heterocycles. The van der Waals surface area contributed by atoms with Crippen LogP contribution >= 0.6 is 34.0 Å². The topological polar surface area (TPSA) is 74.6 Å². The van der Waals surface area contributed by atoms with Gasteiger partial charge in [0.25, 0.3) is 0 Å². The van der Waals surface area contributed by atoms with E-state index in [4.69, 9.17) is 15.8 Å². The zero-order valence-electron chi connectivity index (χ0n) is 23.9. The van der Waals surface area contributed by atoms with E-state index in [-0.39, 0.29) is 0 Å². The molecule has 4 nitrogen and oxygen atoms in total. The first-order valence-electron chi connectivity index (χ1n) is 13.8. The highest BCUT2D eigenvalue weighted by Crippen LogP contribution is 2.35. The summed E-state index contributed by atoms with van der Waals surface area (Å²) >= 11 is 4.14. The number of nitriles is 3. The summed E-state index contributed by atoms with van der Waals surface area (Å²) in [6.45, 7) is 0. The molecule has 0 aliphatic rings. The van der Waals surface area contributed by atoms with Gasteiger partial charge < -0.3 is 4.90 Å². The molecule has 0 amide bonds. The van der Waals surface area contributed by atoms with Crippen LogP contribution in [0.15, 0.2) is 109 Å². The van der Waals surface area contributed by atoms with Gasteiger partial charge in [0, 0.05) is 33.8 Å². The normalized spacial score (nSPS) is 9.59. The Morgan fingerprint density at radius 1 is 0.326 bits per heavy atom. The van der Waals surface area contributed by atoms with Crippen molar-refractivity contribution in [2.75, 3.05) is 4.90 Å². The van der Waals surface area contributed by atoms with Crippen LogP contribution in [0.4, 0.5) is 17.1 Å². The average molecular weight is 639 g/mol. The zero-order chi connectivity index (χ0) is 31.7. The Labute approximate surface area is 279 Å². The fourth-order valence-electron chi connectivity index (χ4n) is 4.33. The number of hydrogen-bond acceptors (Lipinski definition) is 7. The predicted molar refractivity (Wildman–Crippen MR) is 186 cm³/mol. The summed E-state index contributed by atoms with van der Waals surface area (Å²) in [6, 6.07) is 41.5. The van der Waals surface area contributed by atoms with Crippen molar-refractivity contribution in [3.63, 3.8) is 0 Å². The molecule has 0 N–H and O–H groups in total. The van der Waals surface area contributed by atoms with E-state index >= 15 is 0 Å². The monoisotopic (exact) mass is 638 g/mol. The highest BCUT2D eigenvalue weighted by molar-refractivity contribution is 7.13. The molecule has 0 unspecified atom stereocenters. The van der Waals surface area contributed by atoms with Crippen LogP contribution in [0.2, 0.25) is 0 Å². The molecule has 6 rings (SSSR count). The Morgan fingerprint density at radius 3 is 0.826 bits per heavy atom. The van der Waals surface area contributed by atoms with Crippen LogP contribution in [-0.4, -0.2) is 0 Å². The standard InChI is InChI=1S/C39H18N4S3/c40-25-37-22-19-34(44-37)16-7-28-1-10-31(11-2-28)43(32-12-3-29(4-13-32)8-17-35-20-23-38(26-41)45-35)33-14-5-30(6-15-33)9-18-36-21-24-39(27-42)46-36/h1-6,10-15,19-24H. The second-order valence-electron chi connectivity index (χ2n) is 9.55. The number of benzene rings is 3. The van der Waals surface area contributed by atoms with E-state index in [1.165, 1.54) is 34.0 Å². The molecule has 0 aliphatic carbocycles. The maximum atomic E-state index is 9.08. The summed E-state index contributed by atoms with van der Waals surface area (Å²) in [6.07, 6.45) is 0. The van der Waals surface area contributed by atoms with Crippen LogP contribution in [0.5, 0.6) is 0 Å². The Bertz CT molecular complexity index is 2080. The average Bonchev–Trinajstić information content (AvgIpc) is 3.88. The Hall–Kier alpha value is -6.29. The van der Waals surface area contributed by atoms with Crippen LogP contribution in [0.1, 0.15) is 46.0 Å². The van der Waals surface area contributed by atoms with E-state index in [0.29, 0.717) is 14.6 Å². The van der Waals surface area contributed by atoms with Crippen molar-refractivity contribution in [2.24, 2.45) is 0 Å². The van der Waals surface area contributed by atoms with E-state index in [1.54, 1.807) is 18.2 Å². The summed E-state index contributed by atoms with van der Waals surface area (Å²) in [4.78, 5) is 6.63. The summed E-state index contributed by atoms with van der Waals surface area (Å²) in [5.41, 5.74) is 5.47. The van der Waals surface area contributed by atoms with Gasteiger partial charge in [0.05, 0.1) is 14.6 Å². The van der Waals surface area contributed by atoms with Crippen molar-refractivity contribution in [3.8, 4) is 53.7 Å². The first-order chi connectivity index (χ1) is 22.6. The molecule has 212 valence electrons. The summed E-state index contributed by atoms with van der Waals surface area (Å²) in [5, 5.41) is 27.2. The van der Waals surface area contributed by atoms with Crippen LogP contribution in [0.25, 0.3) is 0 Å². The van der Waals surface area contributed by atoms with Crippen LogP contribution in [0.3, 0.4) is 0 Å². The smallest absolute Gasteiger partial charge is 0.110 e. The molecule has 0 fully saturated rings. The quantitative estimate of drug-likeness (QED) is 0.181. The van der Waals surface area contributed by atoms with Crippen LogP contribution in [0, 0.1) is 69.5 Å². The van der Waals surface area contributed by atoms with Crippen LogP contribution in [-0.2, 0) is 0 Å². The molecule has 0 saturated carbocycles. The lowest BCUT2D eigenvalue weighted by Gasteiger charge is -2.25. The molecular formula is C39H18N4S3. The van der Waals surface area contributed by atoms with E-state index in [0.717, 1.165) is 48.4 Å². The number of anilines is 3. The fraction of sp³-hybridized carbons (Fsp3) is 0. The maximum Gasteiger partial charge on any atom is 0.110 e. The molecule has 3 aromatic carbocycles. The molecule has 0 bridgehead atoms. The van der Waals surface area contributed by atoms with E-state index in [9.17, 15) is 0 Å². The number of nitrogens with zero attached hydrogens (tertiary/aromatic N) is 4. The zero-order valence-corrected chi connectivity index (χ0v) is 26.4. The van der Waals surface area contributed by atoms with Gasteiger partial charge in [0.15, 0.2) is 0 Å². The van der Waals surface area contributed by atoms with Crippen molar-refractivity contribution in [3.05, 3.63) is 155 Å². The summed E-state index contributed by atoms with van der Waals surface area (Å²) in [7, 11) is 0. The first kappa shape index (κ1) is 29.8. The molecule has 7 heteroatoms. The van der Waals surface area contributed by atoms with Crippen molar-refractivity contribution in [1.82, 2.24) is 0 Å². The van der Waals surface area contributed by atoms with Crippen molar-refractivity contribution in [2.45, 2.75) is 0 Å². The van der Waals surface area contributed by atoms with Gasteiger partial charge in [0.1, 0.15) is 32.8 Å². The van der Waals surface area contributed by atoms with Gasteiger partial charge >= 0.3 is 0 Å². The van der Waals surface area contributed by atoms with E-state index in [2.05, 4.69) is 58.6 Å². The minimum absolute atomic E-state index is 0.642. The number of rotatable bonds is 3. The molecule has 46 heavy (non-hydrogen) atoms. The molecule has 0 radical (unpaired) electrons. The highest BCUT2D eigenvalue weighted by atomic mass is 32.1. The lowest BCUT2D eigenvalue weighted by Crippen LogP contribution is -2.09. The van der Waals surface area contributed by atoms with Crippen molar-refractivity contribution in [1.29, 1.82) is 15.8 Å². The molecule has 0 atom stereocenters. The van der Waals surface area contributed by atoms with Gasteiger partial charge in [-0.05, 0) is 109 Å². The minimum Gasteiger partial charge on any atom is -0.311 e. The molecule has 3 aromatic heterocycles. The predicted octanol–water partition coefficient (Wildman–Crippen LogP) is 9.16. The second-order valence-corrected chi connectivity index (χ2v) is 12.8. The Morgan fingerprint density at radius 2 is 0.587 bits per heavy atom. The second kappa shape index (κ2) is 14.0. The fourth-order valence-corrected chi connectivity index (χ4v) is 6.30. The van der Waals surface area contributed by atoms with Gasteiger partial charge in [0.2, 0.25) is 0 Å². The summed E-state index contributed by atoms with van der Waals surface area (Å²) in [5.74, 6) is 19.0. The molecule has 0 saturated heterocycles. The van der Waals surface area contributed by atoms with Gasteiger partial charge in [-0.15, -0.1) is 34.0 Å². The SMILES string of the molecule is N#Cc1ccc(C#Cc2ccc(N(c3ccc(C#Cc4ccc(C#N)s4)cc3)c3ccc(C#Cc4ccc(C#N)s4)cc3)cc2)s1. The molecule has 6 aromatic rings. The molecule has 0 spiro atoms. The number of thiophene rings is 3. The van der Waals surface area contributed by atoms with Crippen LogP contribution < -0.4 is 4.90 Å². The molecule has 0 aliphatic heterocycles. The number of hydrogen-bond donors (Lipinski definition) is 0. The van der Waals surface area contributed by atoms with E-state index in [1.807, 2.05) is 91.0 Å². The largest absolute Gasteiger partial charge is 0.311 e. The lowest BCUT2D eigenvalue weighted by molar-refractivity contribution is 1.28. The van der Waals surface area contributed by atoms with Crippen molar-refractivity contribution >= 4 is 51.1 Å². The molecular weight excluding hydrogens is 621 g/mol. The van der Waals surface area contributed by atoms with Gasteiger partial charge in [-0.3, -0.25) is 0 Å². The van der Waals surface area contributed by atoms with E-state index < -0.39 is 0 Å². The van der Waals surface area contributed by atoms with Crippen molar-refractivity contribution < 1.29 is 0 Å². The third-order valence-corrected chi connectivity index (χ3v) is 9.23. The summed E-state index contributed by atoms with van der Waals surface area (Å²) < 4.78 is 0. The lowest BCUT2D eigenvalue weighted by atomic mass is 10.1. The maximum absolute atomic E-state index is 9.08. The van der Waals surface area contributed by atoms with Gasteiger partial charge in [-0.2, -0.15) is 15.8 Å². The third kappa shape index (κ3) is 7.25. The van der Waals surface area contributed by atoms with Gasteiger partial charge in [-0.25, -0.2) is 0 Å². The van der Waals surface area contributed by atoms with Gasteiger partial charge in [-0.1, -0.05) is 35.5 Å². The highest BCUT2D eigenvalue weighted by Gasteiger charge is 2.12. The Kier molecular flexibility index (Phi) is 9.06. The minimum atomic E-state index is 0.642. The first-order valence-corrected chi connectivity index (χ1v) is 16.2.